The summed E-state index contributed by atoms with van der Waals surface area (Å²) in [5.74, 6) is 1.38. The molecule has 0 aliphatic heterocycles. The Morgan fingerprint density at radius 1 is 1.00 bits per heavy atom. The number of nitrogens with one attached hydrogen (secondary N) is 2. The highest BCUT2D eigenvalue weighted by Gasteiger charge is 2.14. The summed E-state index contributed by atoms with van der Waals surface area (Å²) in [7, 11) is -3.71. The predicted molar refractivity (Wildman–Crippen MR) is 124 cm³/mol. The highest BCUT2D eigenvalue weighted by molar-refractivity contribution is 7.89. The molecule has 0 fully saturated rings. The molecule has 0 saturated heterocycles. The Balaban J connectivity index is 1.89. The minimum Gasteiger partial charge on any atom is -0.490 e. The Hall–Kier alpha value is -2.78. The zero-order valence-electron chi connectivity index (χ0n) is 18.9. The number of hydrogen-bond acceptors (Lipinski definition) is 5. The van der Waals surface area contributed by atoms with E-state index >= 15 is 0 Å². The van der Waals surface area contributed by atoms with Crippen molar-refractivity contribution in [1.82, 2.24) is 10.6 Å². The molecule has 1 atom stereocenters. The summed E-state index contributed by atoms with van der Waals surface area (Å²) in [6, 6.07) is 11.5. The summed E-state index contributed by atoms with van der Waals surface area (Å²) in [5.41, 5.74) is 1.81. The number of urea groups is 1. The van der Waals surface area contributed by atoms with Gasteiger partial charge in [0.1, 0.15) is 0 Å². The number of rotatable bonds is 12. The number of carbonyl (C=O) groups excluding carboxylic acids is 1. The Kier molecular flexibility index (Phi) is 9.80. The van der Waals surface area contributed by atoms with E-state index in [0.29, 0.717) is 37.7 Å². The van der Waals surface area contributed by atoms with E-state index in [-0.39, 0.29) is 17.0 Å². The van der Waals surface area contributed by atoms with Crippen molar-refractivity contribution in [3.8, 4) is 11.5 Å². The second-order valence-corrected chi connectivity index (χ2v) is 9.03. The van der Waals surface area contributed by atoms with Gasteiger partial charge in [0.15, 0.2) is 11.5 Å². The zero-order chi connectivity index (χ0) is 23.6. The van der Waals surface area contributed by atoms with E-state index in [1.165, 1.54) is 12.1 Å². The van der Waals surface area contributed by atoms with Crippen LogP contribution in [0, 0.1) is 0 Å². The molecule has 176 valence electrons. The number of carbonyl (C=O) groups is 1. The number of nitrogens with two attached hydrogens (primary N) is 1. The maximum absolute atomic E-state index is 12.3. The molecule has 2 aromatic rings. The third-order valence-corrected chi connectivity index (χ3v) is 5.62. The van der Waals surface area contributed by atoms with Crippen LogP contribution in [0.3, 0.4) is 0 Å². The first kappa shape index (κ1) is 25.5. The van der Waals surface area contributed by atoms with Crippen molar-refractivity contribution in [1.29, 1.82) is 0 Å². The van der Waals surface area contributed by atoms with Crippen LogP contribution in [0.5, 0.6) is 11.5 Å². The van der Waals surface area contributed by atoms with Crippen LogP contribution >= 0.6 is 0 Å². The molecular weight excluding hydrogens is 430 g/mol. The summed E-state index contributed by atoms with van der Waals surface area (Å²) in [6.07, 6.45) is 2.35. The van der Waals surface area contributed by atoms with E-state index in [0.717, 1.165) is 24.0 Å². The maximum Gasteiger partial charge on any atom is 0.315 e. The van der Waals surface area contributed by atoms with Gasteiger partial charge in [0.25, 0.3) is 0 Å². The summed E-state index contributed by atoms with van der Waals surface area (Å²) in [4.78, 5) is 12.4. The van der Waals surface area contributed by atoms with Crippen molar-refractivity contribution in [3.63, 3.8) is 0 Å². The summed E-state index contributed by atoms with van der Waals surface area (Å²) >= 11 is 0. The molecule has 0 saturated carbocycles. The van der Waals surface area contributed by atoms with Gasteiger partial charge in [-0.3, -0.25) is 0 Å². The molecule has 0 aromatic heterocycles. The third-order valence-electron chi connectivity index (χ3n) is 4.69. The Bertz CT molecular complexity index is 978. The largest absolute Gasteiger partial charge is 0.490 e. The number of primary sulfonamides is 1. The fraction of sp³-hybridized carbons (Fsp3) is 0.435. The first-order valence-electron chi connectivity index (χ1n) is 10.8. The van der Waals surface area contributed by atoms with Gasteiger partial charge in [0.05, 0.1) is 24.2 Å². The number of hydrogen-bond donors (Lipinski definition) is 3. The monoisotopic (exact) mass is 463 g/mol. The molecule has 0 bridgehead atoms. The quantitative estimate of drug-likeness (QED) is 0.445. The topological polar surface area (TPSA) is 120 Å². The SMILES string of the molecule is CCCOc1ccc(C(C)NC(=O)NCCc2ccc(S(N)(=O)=O)cc2)cc1OCCC. The van der Waals surface area contributed by atoms with Crippen LogP contribution in [0.25, 0.3) is 0 Å². The van der Waals surface area contributed by atoms with Crippen molar-refractivity contribution in [2.24, 2.45) is 5.14 Å². The van der Waals surface area contributed by atoms with E-state index in [1.807, 2.05) is 39.0 Å². The molecular formula is C23H33N3O5S. The molecule has 0 heterocycles. The Labute approximate surface area is 190 Å². The second-order valence-electron chi connectivity index (χ2n) is 7.46. The van der Waals surface area contributed by atoms with Gasteiger partial charge in [-0.2, -0.15) is 0 Å². The lowest BCUT2D eigenvalue weighted by molar-refractivity contribution is 0.238. The van der Waals surface area contributed by atoms with E-state index in [1.54, 1.807) is 12.1 Å². The normalized spacial score (nSPS) is 12.1. The highest BCUT2D eigenvalue weighted by atomic mass is 32.2. The first-order valence-corrected chi connectivity index (χ1v) is 12.3. The molecule has 0 aliphatic carbocycles. The molecule has 0 aliphatic rings. The van der Waals surface area contributed by atoms with Crippen LogP contribution < -0.4 is 25.2 Å². The van der Waals surface area contributed by atoms with Gasteiger partial charge in [-0.1, -0.05) is 32.0 Å². The minimum absolute atomic E-state index is 0.0641. The third kappa shape index (κ3) is 8.05. The fourth-order valence-corrected chi connectivity index (χ4v) is 3.46. The van der Waals surface area contributed by atoms with Crippen LogP contribution in [0.2, 0.25) is 0 Å². The molecule has 2 amide bonds. The zero-order valence-corrected chi connectivity index (χ0v) is 19.7. The number of benzene rings is 2. The van der Waals surface area contributed by atoms with E-state index < -0.39 is 10.0 Å². The average molecular weight is 464 g/mol. The van der Waals surface area contributed by atoms with Crippen LogP contribution in [-0.2, 0) is 16.4 Å². The molecule has 0 spiro atoms. The summed E-state index contributed by atoms with van der Waals surface area (Å²) in [5, 5.41) is 10.8. The van der Waals surface area contributed by atoms with Gasteiger partial charge < -0.3 is 20.1 Å². The maximum atomic E-state index is 12.3. The summed E-state index contributed by atoms with van der Waals surface area (Å²) < 4.78 is 34.2. The number of sulfonamides is 1. The Morgan fingerprint density at radius 2 is 1.62 bits per heavy atom. The van der Waals surface area contributed by atoms with E-state index in [9.17, 15) is 13.2 Å². The predicted octanol–water partition coefficient (Wildman–Crippen LogP) is 3.51. The standard InChI is InChI=1S/C23H33N3O5S/c1-4-14-30-21-11-8-19(16-22(21)31-15-5-2)17(3)26-23(27)25-13-12-18-6-9-20(10-7-18)32(24,28)29/h6-11,16-17H,4-5,12-15H2,1-3H3,(H2,24,28,29)(H2,25,26,27). The van der Waals surface area contributed by atoms with Crippen molar-refractivity contribution in [3.05, 3.63) is 53.6 Å². The molecule has 9 heteroatoms. The van der Waals surface area contributed by atoms with Crippen LogP contribution in [0.4, 0.5) is 4.79 Å². The van der Waals surface area contributed by atoms with Gasteiger partial charge in [0, 0.05) is 6.54 Å². The molecule has 2 rings (SSSR count). The van der Waals surface area contributed by atoms with E-state index in [4.69, 9.17) is 14.6 Å². The number of amides is 2. The molecule has 8 nitrogen and oxygen atoms in total. The van der Waals surface area contributed by atoms with Gasteiger partial charge >= 0.3 is 6.03 Å². The van der Waals surface area contributed by atoms with Gasteiger partial charge in [-0.15, -0.1) is 0 Å². The number of ether oxygens (including phenoxy) is 2. The van der Waals surface area contributed by atoms with Gasteiger partial charge in [0.2, 0.25) is 10.0 Å². The highest BCUT2D eigenvalue weighted by Crippen LogP contribution is 2.31. The lowest BCUT2D eigenvalue weighted by Crippen LogP contribution is -2.38. The molecule has 0 radical (unpaired) electrons. The van der Waals surface area contributed by atoms with Gasteiger partial charge in [-0.05, 0) is 61.6 Å². The molecule has 1 unspecified atom stereocenters. The van der Waals surface area contributed by atoms with E-state index in [2.05, 4.69) is 10.6 Å². The second kappa shape index (κ2) is 12.3. The molecule has 4 N–H and O–H groups in total. The Morgan fingerprint density at radius 3 is 2.22 bits per heavy atom. The lowest BCUT2D eigenvalue weighted by atomic mass is 10.1. The molecule has 32 heavy (non-hydrogen) atoms. The summed E-state index contributed by atoms with van der Waals surface area (Å²) in [6.45, 7) is 7.60. The smallest absolute Gasteiger partial charge is 0.315 e. The van der Waals surface area contributed by atoms with Crippen molar-refractivity contribution < 1.29 is 22.7 Å². The molecule has 2 aromatic carbocycles. The van der Waals surface area contributed by atoms with Crippen LogP contribution in [-0.4, -0.2) is 34.2 Å². The van der Waals surface area contributed by atoms with Crippen LogP contribution in [0.1, 0.15) is 50.8 Å². The fourth-order valence-electron chi connectivity index (χ4n) is 2.95. The van der Waals surface area contributed by atoms with Crippen molar-refractivity contribution >= 4 is 16.1 Å². The van der Waals surface area contributed by atoms with Crippen molar-refractivity contribution in [2.75, 3.05) is 19.8 Å². The average Bonchev–Trinajstić information content (AvgIpc) is 2.76. The minimum atomic E-state index is -3.71. The first-order chi connectivity index (χ1) is 15.2. The lowest BCUT2D eigenvalue weighted by Gasteiger charge is -2.18. The van der Waals surface area contributed by atoms with Gasteiger partial charge in [-0.25, -0.2) is 18.4 Å². The van der Waals surface area contributed by atoms with Crippen LogP contribution in [0.15, 0.2) is 47.4 Å². The van der Waals surface area contributed by atoms with Crippen molar-refractivity contribution in [2.45, 2.75) is 51.0 Å².